The molecule has 0 aliphatic carbocycles. The molecule has 2 saturated heterocycles. The van der Waals surface area contributed by atoms with E-state index in [1.165, 1.54) is 6.42 Å². The maximum absolute atomic E-state index is 12.7. The number of anilines is 1. The van der Waals surface area contributed by atoms with Crippen LogP contribution in [0.15, 0.2) is 24.3 Å². The lowest BCUT2D eigenvalue weighted by molar-refractivity contribution is -0.134. The Morgan fingerprint density at radius 1 is 0.900 bits per heavy atom. The summed E-state index contributed by atoms with van der Waals surface area (Å²) in [6, 6.07) is 7.59. The number of para-hydroxylation sites is 2. The van der Waals surface area contributed by atoms with Gasteiger partial charge >= 0.3 is 0 Å². The van der Waals surface area contributed by atoms with Crippen LogP contribution in [-0.4, -0.2) is 80.7 Å². The van der Waals surface area contributed by atoms with Crippen LogP contribution in [0, 0.1) is 5.92 Å². The molecule has 0 bridgehead atoms. The molecule has 7 heteroatoms. The van der Waals surface area contributed by atoms with Gasteiger partial charge in [0.1, 0.15) is 12.4 Å². The third-order valence-electron chi connectivity index (χ3n) is 6.51. The largest absolute Gasteiger partial charge is 0.490 e. The molecule has 7 nitrogen and oxygen atoms in total. The van der Waals surface area contributed by atoms with E-state index in [1.807, 2.05) is 29.2 Å². The summed E-state index contributed by atoms with van der Waals surface area (Å²) in [6.45, 7) is 7.59. The zero-order chi connectivity index (χ0) is 20.8. The minimum Gasteiger partial charge on any atom is -0.490 e. The number of amides is 2. The summed E-state index contributed by atoms with van der Waals surface area (Å²) in [6.07, 6.45) is 3.89. The molecule has 3 aliphatic rings. The first-order chi connectivity index (χ1) is 14.7. The van der Waals surface area contributed by atoms with Crippen molar-refractivity contribution in [1.82, 2.24) is 9.80 Å². The Morgan fingerprint density at radius 2 is 1.63 bits per heavy atom. The van der Waals surface area contributed by atoms with Crippen LogP contribution in [0.3, 0.4) is 0 Å². The van der Waals surface area contributed by atoms with Gasteiger partial charge in [-0.15, -0.1) is 0 Å². The number of benzene rings is 1. The van der Waals surface area contributed by atoms with E-state index in [1.54, 1.807) is 4.90 Å². The maximum atomic E-state index is 12.7. The zero-order valence-corrected chi connectivity index (χ0v) is 17.8. The minimum atomic E-state index is -0.000466. The van der Waals surface area contributed by atoms with E-state index in [2.05, 4.69) is 4.90 Å². The van der Waals surface area contributed by atoms with Crippen LogP contribution in [0.2, 0.25) is 0 Å². The van der Waals surface area contributed by atoms with Gasteiger partial charge in [-0.2, -0.15) is 0 Å². The molecule has 1 aromatic carbocycles. The fourth-order valence-electron chi connectivity index (χ4n) is 4.60. The van der Waals surface area contributed by atoms with Gasteiger partial charge in [-0.05, 0) is 43.9 Å². The number of morpholine rings is 1. The van der Waals surface area contributed by atoms with E-state index in [0.717, 1.165) is 70.2 Å². The van der Waals surface area contributed by atoms with Crippen LogP contribution in [0.5, 0.6) is 5.75 Å². The molecule has 164 valence electrons. The molecular formula is C23H33N3O4. The first-order valence-electron chi connectivity index (χ1n) is 11.3. The Bertz CT molecular complexity index is 727. The standard InChI is InChI=1S/C23H33N3O4/c27-22(5-6-23(28)26-15-18-30-21-4-2-1-3-20(21)26)25-11-8-19(9-12-25)7-10-24-13-16-29-17-14-24/h1-4,19H,5-18H2. The Morgan fingerprint density at radius 3 is 2.43 bits per heavy atom. The van der Waals surface area contributed by atoms with E-state index in [-0.39, 0.29) is 24.7 Å². The van der Waals surface area contributed by atoms with Crippen molar-refractivity contribution in [3.05, 3.63) is 24.3 Å². The first kappa shape index (κ1) is 21.1. The number of carbonyl (C=O) groups excluding carboxylic acids is 2. The molecule has 0 aromatic heterocycles. The third kappa shape index (κ3) is 5.32. The second-order valence-electron chi connectivity index (χ2n) is 8.43. The summed E-state index contributed by atoms with van der Waals surface area (Å²) < 4.78 is 11.0. The molecule has 0 saturated carbocycles. The zero-order valence-electron chi connectivity index (χ0n) is 17.8. The minimum absolute atomic E-state index is 0.000466. The molecule has 0 atom stereocenters. The van der Waals surface area contributed by atoms with Gasteiger partial charge in [0.05, 0.1) is 25.4 Å². The molecule has 2 amide bonds. The van der Waals surface area contributed by atoms with Gasteiger partial charge in [0.2, 0.25) is 11.8 Å². The highest BCUT2D eigenvalue weighted by molar-refractivity contribution is 5.97. The maximum Gasteiger partial charge on any atom is 0.227 e. The predicted molar refractivity (Wildman–Crippen MR) is 115 cm³/mol. The van der Waals surface area contributed by atoms with Crippen LogP contribution >= 0.6 is 0 Å². The van der Waals surface area contributed by atoms with Crippen molar-refractivity contribution >= 4 is 17.5 Å². The van der Waals surface area contributed by atoms with Crippen molar-refractivity contribution in [2.24, 2.45) is 5.92 Å². The molecule has 0 N–H and O–H groups in total. The Hall–Kier alpha value is -2.12. The number of likely N-dealkylation sites (tertiary alicyclic amines) is 1. The van der Waals surface area contributed by atoms with E-state index in [9.17, 15) is 9.59 Å². The number of hydrogen-bond donors (Lipinski definition) is 0. The first-order valence-corrected chi connectivity index (χ1v) is 11.3. The van der Waals surface area contributed by atoms with Crippen LogP contribution in [-0.2, 0) is 14.3 Å². The summed E-state index contributed by atoms with van der Waals surface area (Å²) in [7, 11) is 0. The molecule has 30 heavy (non-hydrogen) atoms. The topological polar surface area (TPSA) is 62.3 Å². The smallest absolute Gasteiger partial charge is 0.227 e. The highest BCUT2D eigenvalue weighted by Gasteiger charge is 2.26. The van der Waals surface area contributed by atoms with Crippen molar-refractivity contribution < 1.29 is 19.1 Å². The number of carbonyl (C=O) groups is 2. The van der Waals surface area contributed by atoms with E-state index >= 15 is 0 Å². The number of fused-ring (bicyclic) bond motifs is 1. The van der Waals surface area contributed by atoms with Gasteiger partial charge in [-0.25, -0.2) is 0 Å². The van der Waals surface area contributed by atoms with E-state index in [0.29, 0.717) is 19.1 Å². The molecule has 0 unspecified atom stereocenters. The second-order valence-corrected chi connectivity index (χ2v) is 8.43. The van der Waals surface area contributed by atoms with Gasteiger partial charge < -0.3 is 19.3 Å². The highest BCUT2D eigenvalue weighted by atomic mass is 16.5. The van der Waals surface area contributed by atoms with Crippen molar-refractivity contribution in [3.8, 4) is 5.75 Å². The van der Waals surface area contributed by atoms with Gasteiger partial charge in [0.15, 0.2) is 0 Å². The molecule has 1 aromatic rings. The van der Waals surface area contributed by atoms with Crippen LogP contribution in [0.25, 0.3) is 0 Å². The summed E-state index contributed by atoms with van der Waals surface area (Å²) in [4.78, 5) is 31.6. The van der Waals surface area contributed by atoms with Crippen molar-refractivity contribution in [1.29, 1.82) is 0 Å². The van der Waals surface area contributed by atoms with Gasteiger partial charge in [0.25, 0.3) is 0 Å². The number of ether oxygens (including phenoxy) is 2. The van der Waals surface area contributed by atoms with Crippen LogP contribution in [0.1, 0.15) is 32.1 Å². The lowest BCUT2D eigenvalue weighted by atomic mass is 9.93. The Kier molecular flexibility index (Phi) is 7.23. The monoisotopic (exact) mass is 415 g/mol. The SMILES string of the molecule is O=C(CCC(=O)N1CCOc2ccccc21)N1CCC(CCN2CCOCC2)CC1. The molecule has 3 aliphatic heterocycles. The van der Waals surface area contributed by atoms with Crippen LogP contribution < -0.4 is 9.64 Å². The summed E-state index contributed by atoms with van der Waals surface area (Å²) in [5.74, 6) is 1.54. The van der Waals surface area contributed by atoms with E-state index in [4.69, 9.17) is 9.47 Å². The number of piperidine rings is 1. The normalized spacial score (nSPS) is 20.5. The molecule has 0 spiro atoms. The highest BCUT2D eigenvalue weighted by Crippen LogP contribution is 2.31. The Balaban J connectivity index is 1.18. The average Bonchev–Trinajstić information content (AvgIpc) is 2.81. The fourth-order valence-corrected chi connectivity index (χ4v) is 4.60. The summed E-state index contributed by atoms with van der Waals surface area (Å²) in [5, 5.41) is 0. The van der Waals surface area contributed by atoms with Crippen molar-refractivity contribution in [3.63, 3.8) is 0 Å². The van der Waals surface area contributed by atoms with E-state index < -0.39 is 0 Å². The lowest BCUT2D eigenvalue weighted by Gasteiger charge is -2.34. The molecule has 3 heterocycles. The predicted octanol–water partition coefficient (Wildman–Crippen LogP) is 2.15. The van der Waals surface area contributed by atoms with Crippen molar-refractivity contribution in [2.45, 2.75) is 32.1 Å². The number of nitrogens with zero attached hydrogens (tertiary/aromatic N) is 3. The lowest BCUT2D eigenvalue weighted by Crippen LogP contribution is -2.41. The molecule has 4 rings (SSSR count). The molecule has 0 radical (unpaired) electrons. The third-order valence-corrected chi connectivity index (χ3v) is 6.51. The van der Waals surface area contributed by atoms with Crippen LogP contribution in [0.4, 0.5) is 5.69 Å². The van der Waals surface area contributed by atoms with Gasteiger partial charge in [-0.1, -0.05) is 12.1 Å². The summed E-state index contributed by atoms with van der Waals surface area (Å²) in [5.41, 5.74) is 0.808. The molecule has 2 fully saturated rings. The quantitative estimate of drug-likeness (QED) is 0.713. The van der Waals surface area contributed by atoms with Gasteiger partial charge in [0, 0.05) is 39.0 Å². The number of hydrogen-bond acceptors (Lipinski definition) is 5. The Labute approximate surface area is 178 Å². The second kappa shape index (κ2) is 10.3. The molecular weight excluding hydrogens is 382 g/mol. The fraction of sp³-hybridized carbons (Fsp3) is 0.652. The van der Waals surface area contributed by atoms with Crippen molar-refractivity contribution in [2.75, 3.05) is 64.0 Å². The van der Waals surface area contributed by atoms with Gasteiger partial charge in [-0.3, -0.25) is 14.5 Å². The number of rotatable bonds is 6. The average molecular weight is 416 g/mol. The summed E-state index contributed by atoms with van der Waals surface area (Å²) >= 11 is 0.